The van der Waals surface area contributed by atoms with E-state index in [0.29, 0.717) is 0 Å². The maximum atomic E-state index is 12.3. The summed E-state index contributed by atoms with van der Waals surface area (Å²) in [7, 11) is 0. The molecule has 5 heteroatoms. The normalized spacial score (nSPS) is 9.27. The Balaban J connectivity index is 2.98. The van der Waals surface area contributed by atoms with Crippen molar-refractivity contribution < 1.29 is 9.23 Å². The summed E-state index contributed by atoms with van der Waals surface area (Å²) in [5.74, 6) is -0.448. The highest BCUT2D eigenvalue weighted by atomic mass is 35.5. The number of rotatable bonds is 2. The first-order chi connectivity index (χ1) is 5.24. The SMILES string of the molecule is O=NOc1ccc(F)cc1Cl. The zero-order valence-corrected chi connectivity index (χ0v) is 6.01. The van der Waals surface area contributed by atoms with E-state index >= 15 is 0 Å². The fourth-order valence-corrected chi connectivity index (χ4v) is 0.791. The van der Waals surface area contributed by atoms with E-state index in [-0.39, 0.29) is 10.8 Å². The van der Waals surface area contributed by atoms with Gasteiger partial charge in [-0.1, -0.05) is 11.6 Å². The molecule has 0 amide bonds. The minimum Gasteiger partial charge on any atom is -0.322 e. The van der Waals surface area contributed by atoms with E-state index in [4.69, 9.17) is 11.6 Å². The molecule has 11 heavy (non-hydrogen) atoms. The van der Waals surface area contributed by atoms with Crippen LogP contribution in [0, 0.1) is 10.7 Å². The third-order valence-electron chi connectivity index (χ3n) is 1.03. The van der Waals surface area contributed by atoms with Crippen molar-refractivity contribution in [1.82, 2.24) is 0 Å². The third-order valence-corrected chi connectivity index (χ3v) is 1.32. The van der Waals surface area contributed by atoms with Crippen LogP contribution in [-0.2, 0) is 0 Å². The van der Waals surface area contributed by atoms with Crippen LogP contribution in [-0.4, -0.2) is 0 Å². The van der Waals surface area contributed by atoms with Crippen molar-refractivity contribution in [3.8, 4) is 5.75 Å². The van der Waals surface area contributed by atoms with Gasteiger partial charge in [-0.3, -0.25) is 0 Å². The monoisotopic (exact) mass is 175 g/mol. The largest absolute Gasteiger partial charge is 0.322 e. The second-order valence-electron chi connectivity index (χ2n) is 1.74. The number of halogens is 2. The Hall–Kier alpha value is -1.16. The highest BCUT2D eigenvalue weighted by Gasteiger charge is 2.02. The van der Waals surface area contributed by atoms with Crippen molar-refractivity contribution in [2.45, 2.75) is 0 Å². The Labute approximate surface area is 66.7 Å². The van der Waals surface area contributed by atoms with Crippen molar-refractivity contribution in [2.24, 2.45) is 5.34 Å². The molecule has 58 valence electrons. The standard InChI is InChI=1S/C6H3ClFNO2/c7-5-3-4(8)1-2-6(5)11-9-10/h1-3H. The average Bonchev–Trinajstić information content (AvgIpc) is 1.95. The fraction of sp³-hybridized carbons (Fsp3) is 0. The molecular formula is C6H3ClFNO2. The molecule has 0 aliphatic rings. The minimum absolute atomic E-state index is 0.0181. The summed E-state index contributed by atoms with van der Waals surface area (Å²) in [6.45, 7) is 0. The zero-order chi connectivity index (χ0) is 8.27. The van der Waals surface area contributed by atoms with Gasteiger partial charge in [-0.2, -0.15) is 0 Å². The molecule has 0 N–H and O–H groups in total. The molecule has 1 aromatic carbocycles. The lowest BCUT2D eigenvalue weighted by molar-refractivity contribution is 0.334. The van der Waals surface area contributed by atoms with Crippen molar-refractivity contribution >= 4 is 11.6 Å². The summed E-state index contributed by atoms with van der Waals surface area (Å²) in [6, 6.07) is 3.37. The Morgan fingerprint density at radius 2 is 2.27 bits per heavy atom. The summed E-state index contributed by atoms with van der Waals surface area (Å²) in [4.78, 5) is 13.7. The molecule has 3 nitrogen and oxygen atoms in total. The minimum atomic E-state index is -0.492. The summed E-state index contributed by atoms with van der Waals surface area (Å²) in [6.07, 6.45) is 0. The molecule has 0 atom stereocenters. The number of hydrogen-bond acceptors (Lipinski definition) is 3. The first-order valence-corrected chi connectivity index (χ1v) is 3.06. The zero-order valence-electron chi connectivity index (χ0n) is 5.25. The van der Waals surface area contributed by atoms with Gasteiger partial charge in [0.05, 0.1) is 5.02 Å². The Morgan fingerprint density at radius 3 is 2.82 bits per heavy atom. The second kappa shape index (κ2) is 3.30. The first-order valence-electron chi connectivity index (χ1n) is 2.69. The molecule has 0 radical (unpaired) electrons. The van der Waals surface area contributed by atoms with Gasteiger partial charge in [0.1, 0.15) is 5.82 Å². The van der Waals surface area contributed by atoms with Crippen LogP contribution in [0.1, 0.15) is 0 Å². The molecule has 0 saturated heterocycles. The van der Waals surface area contributed by atoms with Crippen molar-refractivity contribution in [3.63, 3.8) is 0 Å². The lowest BCUT2D eigenvalue weighted by Gasteiger charge is -1.96. The Bertz CT molecular complexity index is 279. The van der Waals surface area contributed by atoms with Gasteiger partial charge in [-0.25, -0.2) is 4.39 Å². The average molecular weight is 176 g/mol. The molecule has 0 fully saturated rings. The van der Waals surface area contributed by atoms with Crippen molar-refractivity contribution in [2.75, 3.05) is 0 Å². The quantitative estimate of drug-likeness (QED) is 0.512. The molecule has 0 spiro atoms. The maximum Gasteiger partial charge on any atom is 0.180 e. The van der Waals surface area contributed by atoms with Crippen LogP contribution in [0.5, 0.6) is 5.75 Å². The molecule has 1 rings (SSSR count). The van der Waals surface area contributed by atoms with Crippen LogP contribution < -0.4 is 4.84 Å². The van der Waals surface area contributed by atoms with Crippen LogP contribution in [0.15, 0.2) is 23.5 Å². The van der Waals surface area contributed by atoms with E-state index in [1.807, 2.05) is 0 Å². The van der Waals surface area contributed by atoms with E-state index in [1.54, 1.807) is 0 Å². The van der Waals surface area contributed by atoms with E-state index in [9.17, 15) is 9.30 Å². The number of benzene rings is 1. The number of nitrogens with zero attached hydrogens (tertiary/aromatic N) is 1. The van der Waals surface area contributed by atoms with Gasteiger partial charge in [-0.05, 0) is 18.2 Å². The third kappa shape index (κ3) is 1.88. The fourth-order valence-electron chi connectivity index (χ4n) is 0.589. The van der Waals surface area contributed by atoms with Crippen LogP contribution in [0.25, 0.3) is 0 Å². The van der Waals surface area contributed by atoms with Crippen LogP contribution >= 0.6 is 11.6 Å². The van der Waals surface area contributed by atoms with E-state index in [2.05, 4.69) is 10.2 Å². The van der Waals surface area contributed by atoms with Crippen molar-refractivity contribution in [1.29, 1.82) is 0 Å². The second-order valence-corrected chi connectivity index (χ2v) is 2.15. The molecule has 0 aliphatic carbocycles. The van der Waals surface area contributed by atoms with Gasteiger partial charge in [0, 0.05) is 0 Å². The van der Waals surface area contributed by atoms with Gasteiger partial charge in [0.25, 0.3) is 0 Å². The van der Waals surface area contributed by atoms with Crippen LogP contribution in [0.2, 0.25) is 5.02 Å². The lowest BCUT2D eigenvalue weighted by atomic mass is 10.3. The summed E-state index contributed by atoms with van der Waals surface area (Å²) < 4.78 is 12.3. The van der Waals surface area contributed by atoms with E-state index < -0.39 is 5.82 Å². The highest BCUT2D eigenvalue weighted by Crippen LogP contribution is 2.24. The molecule has 0 saturated carbocycles. The van der Waals surface area contributed by atoms with Gasteiger partial charge in [0.15, 0.2) is 11.1 Å². The first kappa shape index (κ1) is 7.94. The van der Waals surface area contributed by atoms with Gasteiger partial charge >= 0.3 is 0 Å². The predicted octanol–water partition coefficient (Wildman–Crippen LogP) is 2.54. The topological polar surface area (TPSA) is 38.7 Å². The lowest BCUT2D eigenvalue weighted by Crippen LogP contribution is -1.82. The van der Waals surface area contributed by atoms with Crippen molar-refractivity contribution in [3.05, 3.63) is 33.9 Å². The van der Waals surface area contributed by atoms with Crippen LogP contribution in [0.3, 0.4) is 0 Å². The summed E-state index contributed by atoms with van der Waals surface area (Å²) in [5.41, 5.74) is 0. The Morgan fingerprint density at radius 1 is 1.55 bits per heavy atom. The smallest absolute Gasteiger partial charge is 0.180 e. The molecule has 0 heterocycles. The van der Waals surface area contributed by atoms with Gasteiger partial charge < -0.3 is 4.84 Å². The molecular weight excluding hydrogens is 173 g/mol. The summed E-state index contributed by atoms with van der Waals surface area (Å²) in [5, 5.41) is 2.16. The molecule has 0 bridgehead atoms. The molecule has 0 unspecified atom stereocenters. The number of hydrogen-bond donors (Lipinski definition) is 0. The van der Waals surface area contributed by atoms with Crippen LogP contribution in [0.4, 0.5) is 4.39 Å². The molecule has 0 aliphatic heterocycles. The van der Waals surface area contributed by atoms with E-state index in [1.165, 1.54) is 6.07 Å². The Kier molecular flexibility index (Phi) is 2.38. The molecule has 0 aromatic heterocycles. The summed E-state index contributed by atoms with van der Waals surface area (Å²) >= 11 is 5.44. The maximum absolute atomic E-state index is 12.3. The highest BCUT2D eigenvalue weighted by molar-refractivity contribution is 6.32. The molecule has 1 aromatic rings. The van der Waals surface area contributed by atoms with Gasteiger partial charge in [0.2, 0.25) is 0 Å². The van der Waals surface area contributed by atoms with E-state index in [0.717, 1.165) is 12.1 Å². The predicted molar refractivity (Wildman–Crippen MR) is 37.8 cm³/mol. The van der Waals surface area contributed by atoms with Gasteiger partial charge in [-0.15, -0.1) is 4.91 Å².